The molecule has 0 saturated carbocycles. The molecule has 2 N–H and O–H groups in total. The maximum absolute atomic E-state index is 11.6. The van der Waals surface area contributed by atoms with Crippen LogP contribution in [0.15, 0.2) is 12.1 Å². The molecule has 0 aromatic heterocycles. The van der Waals surface area contributed by atoms with E-state index < -0.39 is 12.1 Å². The van der Waals surface area contributed by atoms with E-state index in [9.17, 15) is 15.0 Å². The van der Waals surface area contributed by atoms with Gasteiger partial charge in [-0.1, -0.05) is 6.07 Å². The zero-order chi connectivity index (χ0) is 13.1. The lowest BCUT2D eigenvalue weighted by Gasteiger charge is -2.22. The molecular weight excluding hydrogens is 232 g/mol. The molecule has 98 valence electrons. The van der Waals surface area contributed by atoms with Gasteiger partial charge in [0.1, 0.15) is 5.75 Å². The summed E-state index contributed by atoms with van der Waals surface area (Å²) in [4.78, 5) is 11.6. The first kappa shape index (κ1) is 12.9. The van der Waals surface area contributed by atoms with Gasteiger partial charge in [0.05, 0.1) is 6.61 Å². The molecule has 1 aliphatic rings. The zero-order valence-corrected chi connectivity index (χ0v) is 10.5. The highest BCUT2D eigenvalue weighted by atomic mass is 16.5. The third kappa shape index (κ3) is 2.34. The van der Waals surface area contributed by atoms with Crippen molar-refractivity contribution >= 4 is 5.97 Å². The van der Waals surface area contributed by atoms with Gasteiger partial charge in [0.2, 0.25) is 0 Å². The van der Waals surface area contributed by atoms with Crippen LogP contribution in [0.2, 0.25) is 0 Å². The Labute approximate surface area is 106 Å². The molecule has 0 saturated heterocycles. The van der Waals surface area contributed by atoms with Crippen molar-refractivity contribution < 1.29 is 19.7 Å². The Morgan fingerprint density at radius 2 is 2.11 bits per heavy atom. The summed E-state index contributed by atoms with van der Waals surface area (Å²) in [5.74, 6) is -0.733. The van der Waals surface area contributed by atoms with Gasteiger partial charge in [0, 0.05) is 5.56 Å². The fourth-order valence-electron chi connectivity index (χ4n) is 2.49. The van der Waals surface area contributed by atoms with Crippen LogP contribution in [0.25, 0.3) is 0 Å². The molecule has 1 aromatic rings. The van der Waals surface area contributed by atoms with Crippen molar-refractivity contribution in [1.82, 2.24) is 0 Å². The van der Waals surface area contributed by atoms with Crippen LogP contribution in [0, 0.1) is 0 Å². The monoisotopic (exact) mass is 250 g/mol. The molecule has 1 aliphatic carbocycles. The number of aliphatic hydroxyl groups excluding tert-OH is 1. The second-order valence-electron chi connectivity index (χ2n) is 4.50. The minimum Gasteiger partial charge on any atom is -0.508 e. The Morgan fingerprint density at radius 1 is 1.39 bits per heavy atom. The number of benzene rings is 1. The van der Waals surface area contributed by atoms with Gasteiger partial charge in [-0.15, -0.1) is 0 Å². The molecule has 1 atom stereocenters. The number of esters is 1. The van der Waals surface area contributed by atoms with Crippen molar-refractivity contribution in [3.05, 3.63) is 28.8 Å². The van der Waals surface area contributed by atoms with Crippen molar-refractivity contribution in [3.63, 3.8) is 0 Å². The van der Waals surface area contributed by atoms with Crippen LogP contribution in [-0.4, -0.2) is 22.8 Å². The maximum Gasteiger partial charge on any atom is 0.339 e. The summed E-state index contributed by atoms with van der Waals surface area (Å²) in [6.07, 6.45) is 2.44. The summed E-state index contributed by atoms with van der Waals surface area (Å²) in [5.41, 5.74) is 2.34. The first-order valence-corrected chi connectivity index (χ1v) is 6.33. The molecule has 2 rings (SSSR count). The largest absolute Gasteiger partial charge is 0.508 e. The van der Waals surface area contributed by atoms with Crippen LogP contribution in [0.5, 0.6) is 5.75 Å². The molecule has 0 radical (unpaired) electrons. The van der Waals surface area contributed by atoms with Crippen LogP contribution >= 0.6 is 0 Å². The molecule has 0 fully saturated rings. The predicted octanol–water partition coefficient (Wildman–Crippen LogP) is 1.87. The Hall–Kier alpha value is -1.55. The van der Waals surface area contributed by atoms with Gasteiger partial charge in [-0.25, -0.2) is 4.79 Å². The number of aryl methyl sites for hydroxylation is 1. The van der Waals surface area contributed by atoms with E-state index in [-0.39, 0.29) is 12.4 Å². The normalized spacial score (nSPS) is 15.9. The summed E-state index contributed by atoms with van der Waals surface area (Å²) < 4.78 is 4.80. The number of aliphatic hydroxyl groups is 1. The standard InChI is InChI=1S/C14H18O4/c1-2-18-14(17)13(16)12-10-6-4-3-5-9(10)7-8-11(12)15/h7-8,13,15-16H,2-6H2,1H3. The molecule has 4 heteroatoms. The van der Waals surface area contributed by atoms with Crippen molar-refractivity contribution in [1.29, 1.82) is 0 Å². The minimum absolute atomic E-state index is 0.0313. The number of ether oxygens (including phenoxy) is 1. The number of rotatable bonds is 3. The summed E-state index contributed by atoms with van der Waals surface area (Å²) >= 11 is 0. The molecular formula is C14H18O4. The molecule has 18 heavy (non-hydrogen) atoms. The molecule has 0 spiro atoms. The number of hydrogen-bond acceptors (Lipinski definition) is 4. The SMILES string of the molecule is CCOC(=O)C(O)c1c(O)ccc2c1CCCC2. The Bertz CT molecular complexity index is 453. The zero-order valence-electron chi connectivity index (χ0n) is 10.5. The number of carbonyl (C=O) groups excluding carboxylic acids is 1. The number of phenols is 1. The molecule has 1 aromatic carbocycles. The minimum atomic E-state index is -1.39. The van der Waals surface area contributed by atoms with Gasteiger partial charge in [0.15, 0.2) is 6.10 Å². The van der Waals surface area contributed by atoms with Gasteiger partial charge in [0.25, 0.3) is 0 Å². The predicted molar refractivity (Wildman–Crippen MR) is 66.3 cm³/mol. The molecule has 0 heterocycles. The fourth-order valence-corrected chi connectivity index (χ4v) is 2.49. The van der Waals surface area contributed by atoms with E-state index in [2.05, 4.69) is 0 Å². The first-order chi connectivity index (χ1) is 8.65. The van der Waals surface area contributed by atoms with Crippen molar-refractivity contribution in [2.45, 2.75) is 38.7 Å². The summed E-state index contributed by atoms with van der Waals surface area (Å²) in [6, 6.07) is 3.41. The van der Waals surface area contributed by atoms with Crippen LogP contribution in [-0.2, 0) is 22.4 Å². The highest BCUT2D eigenvalue weighted by molar-refractivity contribution is 5.78. The van der Waals surface area contributed by atoms with Crippen molar-refractivity contribution in [2.75, 3.05) is 6.61 Å². The quantitative estimate of drug-likeness (QED) is 0.804. The fraction of sp³-hybridized carbons (Fsp3) is 0.500. The smallest absolute Gasteiger partial charge is 0.339 e. The van der Waals surface area contributed by atoms with Gasteiger partial charge in [-0.2, -0.15) is 0 Å². The number of fused-ring (bicyclic) bond motifs is 1. The van der Waals surface area contributed by atoms with Crippen LogP contribution < -0.4 is 0 Å². The molecule has 0 amide bonds. The molecule has 0 aliphatic heterocycles. The second-order valence-corrected chi connectivity index (χ2v) is 4.50. The van der Waals surface area contributed by atoms with E-state index in [0.717, 1.165) is 36.8 Å². The topological polar surface area (TPSA) is 66.8 Å². The van der Waals surface area contributed by atoms with Crippen LogP contribution in [0.3, 0.4) is 0 Å². The highest BCUT2D eigenvalue weighted by Crippen LogP contribution is 2.35. The Balaban J connectivity index is 2.39. The lowest BCUT2D eigenvalue weighted by molar-refractivity contribution is -0.153. The van der Waals surface area contributed by atoms with E-state index in [1.807, 2.05) is 6.07 Å². The molecule has 1 unspecified atom stereocenters. The summed E-state index contributed by atoms with van der Waals surface area (Å²) in [7, 11) is 0. The van der Waals surface area contributed by atoms with Crippen LogP contribution in [0.4, 0.5) is 0 Å². The average Bonchev–Trinajstić information content (AvgIpc) is 2.38. The first-order valence-electron chi connectivity index (χ1n) is 6.33. The Morgan fingerprint density at radius 3 is 2.83 bits per heavy atom. The lowest BCUT2D eigenvalue weighted by Crippen LogP contribution is -2.19. The van der Waals surface area contributed by atoms with Gasteiger partial charge in [-0.05, 0) is 49.8 Å². The van der Waals surface area contributed by atoms with Gasteiger partial charge >= 0.3 is 5.97 Å². The van der Waals surface area contributed by atoms with E-state index in [1.165, 1.54) is 0 Å². The number of carbonyl (C=O) groups is 1. The average molecular weight is 250 g/mol. The van der Waals surface area contributed by atoms with E-state index in [0.29, 0.717) is 5.56 Å². The summed E-state index contributed by atoms with van der Waals surface area (Å²) in [5, 5.41) is 19.9. The van der Waals surface area contributed by atoms with Crippen molar-refractivity contribution in [2.24, 2.45) is 0 Å². The van der Waals surface area contributed by atoms with E-state index in [4.69, 9.17) is 4.74 Å². The van der Waals surface area contributed by atoms with E-state index >= 15 is 0 Å². The van der Waals surface area contributed by atoms with E-state index in [1.54, 1.807) is 13.0 Å². The van der Waals surface area contributed by atoms with Gasteiger partial charge in [-0.3, -0.25) is 0 Å². The third-order valence-electron chi connectivity index (χ3n) is 3.34. The highest BCUT2D eigenvalue weighted by Gasteiger charge is 2.27. The molecule has 0 bridgehead atoms. The summed E-state index contributed by atoms with van der Waals surface area (Å²) in [6.45, 7) is 1.90. The van der Waals surface area contributed by atoms with Crippen LogP contribution in [0.1, 0.15) is 42.6 Å². The molecule has 4 nitrogen and oxygen atoms in total. The Kier molecular flexibility index (Phi) is 3.87. The number of phenolic OH excluding ortho intramolecular Hbond substituents is 1. The van der Waals surface area contributed by atoms with Gasteiger partial charge < -0.3 is 14.9 Å². The second kappa shape index (κ2) is 5.40. The van der Waals surface area contributed by atoms with Crippen molar-refractivity contribution in [3.8, 4) is 5.75 Å². The number of aromatic hydroxyl groups is 1. The lowest BCUT2D eigenvalue weighted by atomic mass is 9.86. The number of hydrogen-bond donors (Lipinski definition) is 2. The maximum atomic E-state index is 11.6. The third-order valence-corrected chi connectivity index (χ3v) is 3.34.